The second-order valence-electron chi connectivity index (χ2n) is 6.22. The fourth-order valence-corrected chi connectivity index (χ4v) is 3.65. The predicted octanol–water partition coefficient (Wildman–Crippen LogP) is 4.10. The van der Waals surface area contributed by atoms with Gasteiger partial charge in [-0.25, -0.2) is 0 Å². The molecular formula is C18H27NO2. The molecule has 0 spiro atoms. The van der Waals surface area contributed by atoms with Crippen molar-refractivity contribution in [2.24, 2.45) is 11.8 Å². The van der Waals surface area contributed by atoms with Crippen LogP contribution in [0.3, 0.4) is 0 Å². The first-order valence-electron chi connectivity index (χ1n) is 8.12. The SMILES string of the molecule is CCC1CCC(C(=O)O)C(N(CC)c2cccc(C)c2)C1. The number of aryl methyl sites for hydroxylation is 1. The number of carboxylic acids is 1. The van der Waals surface area contributed by atoms with Gasteiger partial charge in [0.05, 0.1) is 5.92 Å². The van der Waals surface area contributed by atoms with Crippen molar-refractivity contribution in [1.29, 1.82) is 0 Å². The zero-order chi connectivity index (χ0) is 15.4. The molecule has 1 aromatic carbocycles. The summed E-state index contributed by atoms with van der Waals surface area (Å²) in [5.41, 5.74) is 2.38. The molecule has 0 aliphatic heterocycles. The smallest absolute Gasteiger partial charge is 0.308 e. The average molecular weight is 289 g/mol. The molecule has 2 rings (SSSR count). The van der Waals surface area contributed by atoms with Gasteiger partial charge < -0.3 is 10.0 Å². The molecule has 3 unspecified atom stereocenters. The van der Waals surface area contributed by atoms with E-state index in [0.717, 1.165) is 37.9 Å². The second kappa shape index (κ2) is 6.97. The molecule has 21 heavy (non-hydrogen) atoms. The van der Waals surface area contributed by atoms with Crippen LogP contribution < -0.4 is 4.90 Å². The quantitative estimate of drug-likeness (QED) is 0.887. The summed E-state index contributed by atoms with van der Waals surface area (Å²) in [5.74, 6) is -0.224. The Morgan fingerprint density at radius 1 is 1.33 bits per heavy atom. The number of carboxylic acid groups (broad SMARTS) is 1. The Labute approximate surface area is 128 Å². The average Bonchev–Trinajstić information content (AvgIpc) is 2.47. The van der Waals surface area contributed by atoms with Gasteiger partial charge in [-0.2, -0.15) is 0 Å². The lowest BCUT2D eigenvalue weighted by molar-refractivity contribution is -0.143. The fourth-order valence-electron chi connectivity index (χ4n) is 3.65. The minimum absolute atomic E-state index is 0.119. The number of rotatable bonds is 5. The number of hydrogen-bond donors (Lipinski definition) is 1. The van der Waals surface area contributed by atoms with Gasteiger partial charge in [0.15, 0.2) is 0 Å². The molecule has 0 radical (unpaired) electrons. The molecule has 3 nitrogen and oxygen atoms in total. The van der Waals surface area contributed by atoms with E-state index in [-0.39, 0.29) is 12.0 Å². The van der Waals surface area contributed by atoms with Crippen molar-refractivity contribution in [3.8, 4) is 0 Å². The van der Waals surface area contributed by atoms with Crippen molar-refractivity contribution in [2.45, 2.75) is 52.5 Å². The maximum Gasteiger partial charge on any atom is 0.308 e. The van der Waals surface area contributed by atoms with Gasteiger partial charge in [-0.05, 0) is 56.7 Å². The Balaban J connectivity index is 2.29. The van der Waals surface area contributed by atoms with E-state index in [1.165, 1.54) is 5.56 Å². The molecule has 0 aromatic heterocycles. The Hall–Kier alpha value is -1.51. The van der Waals surface area contributed by atoms with Crippen LogP contribution in [0.1, 0.15) is 45.1 Å². The summed E-state index contributed by atoms with van der Waals surface area (Å²) in [7, 11) is 0. The van der Waals surface area contributed by atoms with Crippen molar-refractivity contribution in [3.63, 3.8) is 0 Å². The van der Waals surface area contributed by atoms with Gasteiger partial charge in [0.25, 0.3) is 0 Å². The molecule has 0 heterocycles. The van der Waals surface area contributed by atoms with Crippen LogP contribution in [0.5, 0.6) is 0 Å². The van der Waals surface area contributed by atoms with Crippen molar-refractivity contribution in [3.05, 3.63) is 29.8 Å². The first-order valence-corrected chi connectivity index (χ1v) is 8.12. The molecule has 1 fully saturated rings. The van der Waals surface area contributed by atoms with Crippen LogP contribution in [-0.2, 0) is 4.79 Å². The van der Waals surface area contributed by atoms with Gasteiger partial charge in [0.1, 0.15) is 0 Å². The minimum Gasteiger partial charge on any atom is -0.481 e. The zero-order valence-electron chi connectivity index (χ0n) is 13.4. The van der Waals surface area contributed by atoms with Crippen LogP contribution in [0, 0.1) is 18.8 Å². The molecule has 1 N–H and O–H groups in total. The van der Waals surface area contributed by atoms with Crippen molar-refractivity contribution in [2.75, 3.05) is 11.4 Å². The van der Waals surface area contributed by atoms with Crippen LogP contribution in [0.4, 0.5) is 5.69 Å². The zero-order valence-corrected chi connectivity index (χ0v) is 13.4. The molecule has 0 bridgehead atoms. The molecule has 116 valence electrons. The standard InChI is InChI=1S/C18H27NO2/c1-4-14-9-10-16(18(20)21)17(12-14)19(5-2)15-8-6-7-13(3)11-15/h6-8,11,14,16-17H,4-5,9-10,12H2,1-3H3,(H,20,21). The van der Waals surface area contributed by atoms with Crippen LogP contribution in [0.15, 0.2) is 24.3 Å². The molecule has 3 heteroatoms. The van der Waals surface area contributed by atoms with Crippen molar-refractivity contribution >= 4 is 11.7 Å². The molecular weight excluding hydrogens is 262 g/mol. The summed E-state index contributed by atoms with van der Waals surface area (Å²) < 4.78 is 0. The molecule has 1 saturated carbocycles. The Bertz CT molecular complexity index is 486. The number of benzene rings is 1. The number of hydrogen-bond acceptors (Lipinski definition) is 2. The first-order chi connectivity index (χ1) is 10.1. The highest BCUT2D eigenvalue weighted by Gasteiger charge is 2.37. The van der Waals surface area contributed by atoms with Crippen molar-refractivity contribution < 1.29 is 9.90 Å². The number of anilines is 1. The number of aliphatic carboxylic acids is 1. The highest BCUT2D eigenvalue weighted by molar-refractivity contribution is 5.72. The first kappa shape index (κ1) is 15.9. The van der Waals surface area contributed by atoms with E-state index in [0.29, 0.717) is 5.92 Å². The monoisotopic (exact) mass is 289 g/mol. The van der Waals surface area contributed by atoms with E-state index >= 15 is 0 Å². The lowest BCUT2D eigenvalue weighted by Crippen LogP contribution is -2.47. The number of carbonyl (C=O) groups is 1. The molecule has 1 aliphatic rings. The lowest BCUT2D eigenvalue weighted by Gasteiger charge is -2.42. The lowest BCUT2D eigenvalue weighted by atomic mass is 9.76. The summed E-state index contributed by atoms with van der Waals surface area (Å²) in [6.07, 6.45) is 4.00. The van der Waals surface area contributed by atoms with E-state index in [9.17, 15) is 9.90 Å². The Kier molecular flexibility index (Phi) is 5.27. The summed E-state index contributed by atoms with van der Waals surface area (Å²) in [4.78, 5) is 14.0. The summed E-state index contributed by atoms with van der Waals surface area (Å²) in [6, 6.07) is 8.53. The largest absolute Gasteiger partial charge is 0.481 e. The molecule has 1 aromatic rings. The normalized spacial score (nSPS) is 25.6. The second-order valence-corrected chi connectivity index (χ2v) is 6.22. The van der Waals surface area contributed by atoms with Gasteiger partial charge >= 0.3 is 5.97 Å². The topological polar surface area (TPSA) is 40.5 Å². The molecule has 0 saturated heterocycles. The minimum atomic E-state index is -0.638. The van der Waals surface area contributed by atoms with E-state index < -0.39 is 5.97 Å². The summed E-state index contributed by atoms with van der Waals surface area (Å²) in [5, 5.41) is 9.59. The van der Waals surface area contributed by atoms with Gasteiger partial charge in [-0.1, -0.05) is 25.5 Å². The third kappa shape index (κ3) is 3.58. The van der Waals surface area contributed by atoms with Gasteiger partial charge in [0.2, 0.25) is 0 Å². The molecule has 0 amide bonds. The molecule has 1 aliphatic carbocycles. The highest BCUT2D eigenvalue weighted by Crippen LogP contribution is 2.36. The van der Waals surface area contributed by atoms with Crippen LogP contribution >= 0.6 is 0 Å². The maximum atomic E-state index is 11.7. The summed E-state index contributed by atoms with van der Waals surface area (Å²) >= 11 is 0. The van der Waals surface area contributed by atoms with E-state index in [2.05, 4.69) is 49.9 Å². The van der Waals surface area contributed by atoms with E-state index in [4.69, 9.17) is 0 Å². The van der Waals surface area contributed by atoms with Crippen LogP contribution in [-0.4, -0.2) is 23.7 Å². The van der Waals surface area contributed by atoms with Crippen molar-refractivity contribution in [1.82, 2.24) is 0 Å². The summed E-state index contributed by atoms with van der Waals surface area (Å²) in [6.45, 7) is 7.28. The Morgan fingerprint density at radius 3 is 2.67 bits per heavy atom. The number of nitrogens with zero attached hydrogens (tertiary/aromatic N) is 1. The van der Waals surface area contributed by atoms with Gasteiger partial charge in [0, 0.05) is 18.3 Å². The third-order valence-electron chi connectivity index (χ3n) is 4.89. The van der Waals surface area contributed by atoms with Gasteiger partial charge in [-0.15, -0.1) is 0 Å². The fraction of sp³-hybridized carbons (Fsp3) is 0.611. The van der Waals surface area contributed by atoms with Crippen LogP contribution in [0.2, 0.25) is 0 Å². The van der Waals surface area contributed by atoms with Crippen LogP contribution in [0.25, 0.3) is 0 Å². The molecule has 3 atom stereocenters. The van der Waals surface area contributed by atoms with Gasteiger partial charge in [-0.3, -0.25) is 4.79 Å². The van der Waals surface area contributed by atoms with E-state index in [1.807, 2.05) is 0 Å². The Morgan fingerprint density at radius 2 is 2.10 bits per heavy atom. The predicted molar refractivity (Wildman–Crippen MR) is 86.7 cm³/mol. The third-order valence-corrected chi connectivity index (χ3v) is 4.89. The highest BCUT2D eigenvalue weighted by atomic mass is 16.4. The maximum absolute atomic E-state index is 11.7. The van der Waals surface area contributed by atoms with E-state index in [1.54, 1.807) is 0 Å².